The molecule has 114 valence electrons. The molecule has 1 N–H and O–H groups in total. The summed E-state index contributed by atoms with van der Waals surface area (Å²) in [5.74, 6) is 0. The summed E-state index contributed by atoms with van der Waals surface area (Å²) < 4.78 is 61.0. The van der Waals surface area contributed by atoms with E-state index in [1.165, 1.54) is 38.1 Å². The van der Waals surface area contributed by atoms with Crippen LogP contribution in [0.1, 0.15) is 25.5 Å². The van der Waals surface area contributed by atoms with Gasteiger partial charge in [-0.05, 0) is 19.4 Å². The molecule has 0 fully saturated rings. The molecule has 0 bridgehead atoms. The van der Waals surface area contributed by atoms with Gasteiger partial charge in [0.15, 0.2) is 9.84 Å². The molecular weight excluding hydrogens is 291 g/mol. The minimum Gasteiger partial charge on any atom is -0.301 e. The van der Waals surface area contributed by atoms with E-state index in [4.69, 9.17) is 0 Å². The summed E-state index contributed by atoms with van der Waals surface area (Å²) in [6.07, 6.45) is -3.48. The molecular formula is C13H18F3NO2S. The molecule has 7 heteroatoms. The van der Waals surface area contributed by atoms with Crippen molar-refractivity contribution in [1.29, 1.82) is 0 Å². The first-order valence-electron chi connectivity index (χ1n) is 6.00. The molecule has 1 aromatic rings. The van der Waals surface area contributed by atoms with Crippen LogP contribution in [0.25, 0.3) is 0 Å². The summed E-state index contributed by atoms with van der Waals surface area (Å²) in [5, 5.41) is 2.32. The SMILES string of the molecule is CC(C)(CNC(c1ccccc1)C(F)(F)F)S(C)(=O)=O. The van der Waals surface area contributed by atoms with Gasteiger partial charge < -0.3 is 5.32 Å². The summed E-state index contributed by atoms with van der Waals surface area (Å²) in [4.78, 5) is 0. The van der Waals surface area contributed by atoms with Crippen LogP contribution in [0.2, 0.25) is 0 Å². The van der Waals surface area contributed by atoms with Crippen molar-refractivity contribution >= 4 is 9.84 Å². The Morgan fingerprint density at radius 1 is 1.15 bits per heavy atom. The molecule has 0 spiro atoms. The van der Waals surface area contributed by atoms with Gasteiger partial charge in [0.25, 0.3) is 0 Å². The fourth-order valence-corrected chi connectivity index (χ4v) is 1.89. The lowest BCUT2D eigenvalue weighted by Crippen LogP contribution is -2.46. The number of rotatable bonds is 5. The molecule has 0 amide bonds. The highest BCUT2D eigenvalue weighted by Gasteiger charge is 2.42. The van der Waals surface area contributed by atoms with Gasteiger partial charge in [-0.25, -0.2) is 8.42 Å². The van der Waals surface area contributed by atoms with E-state index >= 15 is 0 Å². The third kappa shape index (κ3) is 4.21. The second kappa shape index (κ2) is 5.73. The fraction of sp³-hybridized carbons (Fsp3) is 0.538. The molecule has 0 heterocycles. The molecule has 0 saturated heterocycles. The average molecular weight is 309 g/mol. The Morgan fingerprint density at radius 2 is 1.65 bits per heavy atom. The van der Waals surface area contributed by atoms with Crippen molar-refractivity contribution in [2.45, 2.75) is 30.8 Å². The quantitative estimate of drug-likeness (QED) is 0.909. The van der Waals surface area contributed by atoms with Crippen molar-refractivity contribution in [3.63, 3.8) is 0 Å². The molecule has 0 aliphatic carbocycles. The van der Waals surface area contributed by atoms with Crippen molar-refractivity contribution < 1.29 is 21.6 Å². The number of benzene rings is 1. The Hall–Kier alpha value is -1.08. The van der Waals surface area contributed by atoms with E-state index in [2.05, 4.69) is 5.32 Å². The lowest BCUT2D eigenvalue weighted by atomic mass is 10.1. The summed E-state index contributed by atoms with van der Waals surface area (Å²) in [6, 6.07) is 5.48. The Morgan fingerprint density at radius 3 is 2.05 bits per heavy atom. The zero-order chi connectivity index (χ0) is 15.6. The van der Waals surface area contributed by atoms with Gasteiger partial charge in [0.1, 0.15) is 6.04 Å². The number of alkyl halides is 3. The highest BCUT2D eigenvalue weighted by atomic mass is 32.2. The zero-order valence-corrected chi connectivity index (χ0v) is 12.3. The number of nitrogens with one attached hydrogen (secondary N) is 1. The van der Waals surface area contributed by atoms with Gasteiger partial charge in [-0.1, -0.05) is 30.3 Å². The van der Waals surface area contributed by atoms with Crippen LogP contribution in [0.5, 0.6) is 0 Å². The minimum absolute atomic E-state index is 0.0595. The molecule has 0 saturated carbocycles. The number of hydrogen-bond acceptors (Lipinski definition) is 3. The van der Waals surface area contributed by atoms with E-state index in [-0.39, 0.29) is 12.1 Å². The van der Waals surface area contributed by atoms with Gasteiger partial charge in [-0.3, -0.25) is 0 Å². The van der Waals surface area contributed by atoms with Gasteiger partial charge in [0.05, 0.1) is 4.75 Å². The molecule has 0 radical (unpaired) electrons. The number of hydrogen-bond donors (Lipinski definition) is 1. The van der Waals surface area contributed by atoms with Crippen molar-refractivity contribution in [2.24, 2.45) is 0 Å². The fourth-order valence-electron chi connectivity index (χ4n) is 1.55. The van der Waals surface area contributed by atoms with E-state index in [0.29, 0.717) is 0 Å². The first-order valence-corrected chi connectivity index (χ1v) is 7.89. The van der Waals surface area contributed by atoms with Crippen molar-refractivity contribution in [3.8, 4) is 0 Å². The summed E-state index contributed by atoms with van der Waals surface area (Å²) in [6.45, 7) is 2.51. The highest BCUT2D eigenvalue weighted by Crippen LogP contribution is 2.33. The van der Waals surface area contributed by atoms with E-state index in [9.17, 15) is 21.6 Å². The van der Waals surface area contributed by atoms with Crippen molar-refractivity contribution in [2.75, 3.05) is 12.8 Å². The molecule has 0 aromatic heterocycles. The van der Waals surface area contributed by atoms with Crippen LogP contribution in [0.3, 0.4) is 0 Å². The molecule has 0 aliphatic rings. The van der Waals surface area contributed by atoms with Crippen LogP contribution in [-0.4, -0.2) is 32.1 Å². The topological polar surface area (TPSA) is 46.2 Å². The smallest absolute Gasteiger partial charge is 0.301 e. The molecule has 1 rings (SSSR count). The highest BCUT2D eigenvalue weighted by molar-refractivity contribution is 7.92. The van der Waals surface area contributed by atoms with Gasteiger partial charge in [-0.15, -0.1) is 0 Å². The van der Waals surface area contributed by atoms with Gasteiger partial charge in [0, 0.05) is 12.8 Å². The second-order valence-corrected chi connectivity index (χ2v) is 7.95. The first kappa shape index (κ1) is 17.0. The molecule has 0 aliphatic heterocycles. The zero-order valence-electron chi connectivity index (χ0n) is 11.5. The third-order valence-corrected chi connectivity index (χ3v) is 5.35. The Balaban J connectivity index is 2.95. The first-order chi connectivity index (χ1) is 8.95. The van der Waals surface area contributed by atoms with E-state index < -0.39 is 26.8 Å². The monoisotopic (exact) mass is 309 g/mol. The van der Waals surface area contributed by atoms with Gasteiger partial charge in [0.2, 0.25) is 0 Å². The van der Waals surface area contributed by atoms with E-state index in [1.54, 1.807) is 6.07 Å². The van der Waals surface area contributed by atoms with Crippen LogP contribution in [0.15, 0.2) is 30.3 Å². The molecule has 1 aromatic carbocycles. The maximum absolute atomic E-state index is 13.1. The number of halogens is 3. The van der Waals surface area contributed by atoms with Crippen LogP contribution in [0.4, 0.5) is 13.2 Å². The second-order valence-electron chi connectivity index (χ2n) is 5.30. The molecule has 3 nitrogen and oxygen atoms in total. The maximum atomic E-state index is 13.1. The number of sulfone groups is 1. The Labute approximate surface area is 117 Å². The van der Waals surface area contributed by atoms with E-state index in [0.717, 1.165) is 6.26 Å². The maximum Gasteiger partial charge on any atom is 0.407 e. The van der Waals surface area contributed by atoms with Crippen molar-refractivity contribution in [3.05, 3.63) is 35.9 Å². The summed E-state index contributed by atoms with van der Waals surface area (Å²) in [5.41, 5.74) is 0.0595. The lowest BCUT2D eigenvalue weighted by Gasteiger charge is -2.28. The summed E-state index contributed by atoms with van der Waals surface area (Å²) in [7, 11) is -3.46. The minimum atomic E-state index is -4.49. The van der Waals surface area contributed by atoms with Crippen LogP contribution in [-0.2, 0) is 9.84 Å². The predicted octanol–water partition coefficient (Wildman–Crippen LogP) is 2.70. The van der Waals surface area contributed by atoms with Gasteiger partial charge in [-0.2, -0.15) is 13.2 Å². The molecule has 20 heavy (non-hydrogen) atoms. The standard InChI is InChI=1S/C13H18F3NO2S/c1-12(2,20(3,18)19)9-17-11(13(14,15)16)10-7-5-4-6-8-10/h4-8,11,17H,9H2,1-3H3. The Bertz CT molecular complexity index is 538. The normalized spacial score (nSPS) is 15.1. The lowest BCUT2D eigenvalue weighted by molar-refractivity contribution is -0.157. The van der Waals surface area contributed by atoms with Crippen molar-refractivity contribution in [1.82, 2.24) is 5.32 Å². The largest absolute Gasteiger partial charge is 0.407 e. The third-order valence-electron chi connectivity index (χ3n) is 3.20. The predicted molar refractivity (Wildman–Crippen MR) is 72.2 cm³/mol. The van der Waals surface area contributed by atoms with E-state index in [1.807, 2.05) is 0 Å². The van der Waals surface area contributed by atoms with Crippen LogP contribution in [0, 0.1) is 0 Å². The van der Waals surface area contributed by atoms with Crippen LogP contribution >= 0.6 is 0 Å². The van der Waals surface area contributed by atoms with Gasteiger partial charge >= 0.3 is 6.18 Å². The molecule has 1 atom stereocenters. The average Bonchev–Trinajstić information content (AvgIpc) is 2.27. The summed E-state index contributed by atoms with van der Waals surface area (Å²) >= 11 is 0. The van der Waals surface area contributed by atoms with Crippen LogP contribution < -0.4 is 5.32 Å². The molecule has 1 unspecified atom stereocenters. The Kier molecular flexibility index (Phi) is 4.86.